The van der Waals surface area contributed by atoms with Crippen molar-refractivity contribution >= 4 is 11.5 Å². The van der Waals surface area contributed by atoms with Crippen molar-refractivity contribution in [2.24, 2.45) is 0 Å². The van der Waals surface area contributed by atoms with Crippen LogP contribution in [0.5, 0.6) is 0 Å². The molecule has 2 aromatic carbocycles. The molecule has 0 N–H and O–H groups in total. The molecule has 0 radical (unpaired) electrons. The SMILES string of the molecule is O=C(Cc1ccc(F)cc1F)c1ccc([N+](=O)[O-])cc1F. The Balaban J connectivity index is 2.26. The highest BCUT2D eigenvalue weighted by Crippen LogP contribution is 2.19. The number of nitro groups is 1. The molecular weight excluding hydrogens is 287 g/mol. The molecule has 21 heavy (non-hydrogen) atoms. The minimum atomic E-state index is -1.06. The normalized spacial score (nSPS) is 10.4. The topological polar surface area (TPSA) is 60.2 Å². The van der Waals surface area contributed by atoms with Gasteiger partial charge in [0.2, 0.25) is 0 Å². The number of hydrogen-bond acceptors (Lipinski definition) is 3. The number of non-ortho nitro benzene ring substituents is 1. The average molecular weight is 295 g/mol. The fraction of sp³-hybridized carbons (Fsp3) is 0.0714. The number of ketones is 1. The zero-order chi connectivity index (χ0) is 15.6. The number of halogens is 3. The molecule has 0 bridgehead atoms. The Morgan fingerprint density at radius 2 is 1.76 bits per heavy atom. The minimum Gasteiger partial charge on any atom is -0.294 e. The van der Waals surface area contributed by atoms with Gasteiger partial charge in [-0.1, -0.05) is 6.07 Å². The Morgan fingerprint density at radius 3 is 2.33 bits per heavy atom. The molecule has 0 atom stereocenters. The van der Waals surface area contributed by atoms with E-state index in [2.05, 4.69) is 0 Å². The number of nitrogens with zero attached hydrogens (tertiary/aromatic N) is 1. The van der Waals surface area contributed by atoms with E-state index >= 15 is 0 Å². The van der Waals surface area contributed by atoms with Gasteiger partial charge in [0.25, 0.3) is 5.69 Å². The van der Waals surface area contributed by atoms with Crippen LogP contribution < -0.4 is 0 Å². The first-order chi connectivity index (χ1) is 9.88. The van der Waals surface area contributed by atoms with Gasteiger partial charge in [0.05, 0.1) is 16.6 Å². The van der Waals surface area contributed by atoms with Crippen molar-refractivity contribution in [1.82, 2.24) is 0 Å². The summed E-state index contributed by atoms with van der Waals surface area (Å²) in [7, 11) is 0. The maximum atomic E-state index is 13.6. The molecule has 108 valence electrons. The van der Waals surface area contributed by atoms with Crippen LogP contribution in [0.4, 0.5) is 18.9 Å². The number of carbonyl (C=O) groups is 1. The van der Waals surface area contributed by atoms with Crippen LogP contribution in [0.1, 0.15) is 15.9 Å². The lowest BCUT2D eigenvalue weighted by Crippen LogP contribution is -2.08. The molecule has 0 heterocycles. The van der Waals surface area contributed by atoms with Gasteiger partial charge < -0.3 is 0 Å². The molecule has 0 aliphatic rings. The van der Waals surface area contributed by atoms with E-state index in [1.54, 1.807) is 0 Å². The fourth-order valence-corrected chi connectivity index (χ4v) is 1.78. The summed E-state index contributed by atoms with van der Waals surface area (Å²) in [5.74, 6) is -3.51. The Labute approximate surface area is 117 Å². The van der Waals surface area contributed by atoms with E-state index in [-0.39, 0.29) is 11.1 Å². The molecule has 0 aliphatic heterocycles. The lowest BCUT2D eigenvalue weighted by molar-refractivity contribution is -0.385. The molecule has 0 aromatic heterocycles. The van der Waals surface area contributed by atoms with Crippen molar-refractivity contribution in [3.05, 3.63) is 75.1 Å². The van der Waals surface area contributed by atoms with E-state index in [1.807, 2.05) is 0 Å². The molecular formula is C14H8F3NO3. The van der Waals surface area contributed by atoms with E-state index in [4.69, 9.17) is 0 Å². The molecule has 2 rings (SSSR count). The predicted octanol–water partition coefficient (Wildman–Crippen LogP) is 3.44. The highest BCUT2D eigenvalue weighted by molar-refractivity contribution is 5.98. The van der Waals surface area contributed by atoms with E-state index < -0.39 is 40.3 Å². The predicted molar refractivity (Wildman–Crippen MR) is 67.4 cm³/mol. The second-order valence-corrected chi connectivity index (χ2v) is 4.26. The van der Waals surface area contributed by atoms with Crippen LogP contribution in [0.25, 0.3) is 0 Å². The van der Waals surface area contributed by atoms with Crippen LogP contribution in [0, 0.1) is 27.6 Å². The third kappa shape index (κ3) is 3.25. The van der Waals surface area contributed by atoms with Gasteiger partial charge in [-0.2, -0.15) is 0 Å². The second-order valence-electron chi connectivity index (χ2n) is 4.26. The lowest BCUT2D eigenvalue weighted by atomic mass is 10.0. The molecule has 7 heteroatoms. The summed E-state index contributed by atoms with van der Waals surface area (Å²) in [5, 5.41) is 10.5. The third-order valence-corrected chi connectivity index (χ3v) is 2.83. The molecule has 0 saturated heterocycles. The van der Waals surface area contributed by atoms with Gasteiger partial charge in [-0.3, -0.25) is 14.9 Å². The van der Waals surface area contributed by atoms with E-state index in [1.165, 1.54) is 0 Å². The van der Waals surface area contributed by atoms with Crippen molar-refractivity contribution in [2.75, 3.05) is 0 Å². The Hall–Kier alpha value is -2.70. The standard InChI is InChI=1S/C14H8F3NO3/c15-9-2-1-8(12(16)6-9)5-14(19)11-4-3-10(18(20)21)7-13(11)17/h1-4,6-7H,5H2. The third-order valence-electron chi connectivity index (χ3n) is 2.83. The Morgan fingerprint density at radius 1 is 1.05 bits per heavy atom. The zero-order valence-electron chi connectivity index (χ0n) is 10.5. The van der Waals surface area contributed by atoms with Crippen LogP contribution in [0.2, 0.25) is 0 Å². The summed E-state index contributed by atoms with van der Waals surface area (Å²) < 4.78 is 39.8. The van der Waals surface area contributed by atoms with Crippen LogP contribution in [-0.4, -0.2) is 10.7 Å². The van der Waals surface area contributed by atoms with Crippen LogP contribution in [0.15, 0.2) is 36.4 Å². The summed E-state index contributed by atoms with van der Waals surface area (Å²) >= 11 is 0. The molecule has 0 unspecified atom stereocenters. The van der Waals surface area contributed by atoms with Crippen LogP contribution in [0.3, 0.4) is 0 Å². The van der Waals surface area contributed by atoms with Crippen molar-refractivity contribution in [3.63, 3.8) is 0 Å². The number of Topliss-reactive ketones (excluding diaryl/α,β-unsaturated/α-hetero) is 1. The summed E-state index contributed by atoms with van der Waals surface area (Å²) in [6.45, 7) is 0. The molecule has 0 fully saturated rings. The van der Waals surface area contributed by atoms with Crippen molar-refractivity contribution < 1.29 is 22.9 Å². The van der Waals surface area contributed by atoms with Gasteiger partial charge in [-0.15, -0.1) is 0 Å². The summed E-state index contributed by atoms with van der Waals surface area (Å²) in [6, 6.07) is 5.27. The van der Waals surface area contributed by atoms with E-state index in [9.17, 15) is 28.1 Å². The second kappa shape index (κ2) is 5.74. The monoisotopic (exact) mass is 295 g/mol. The van der Waals surface area contributed by atoms with Crippen molar-refractivity contribution in [3.8, 4) is 0 Å². The number of hydrogen-bond donors (Lipinski definition) is 0. The van der Waals surface area contributed by atoms with Gasteiger partial charge in [0, 0.05) is 18.6 Å². The molecule has 2 aromatic rings. The molecule has 0 saturated carbocycles. The highest BCUT2D eigenvalue weighted by Gasteiger charge is 2.17. The minimum absolute atomic E-state index is 0.0841. The van der Waals surface area contributed by atoms with Crippen molar-refractivity contribution in [2.45, 2.75) is 6.42 Å². The summed E-state index contributed by atoms with van der Waals surface area (Å²) in [6.07, 6.45) is -0.471. The Kier molecular flexibility index (Phi) is 4.02. The van der Waals surface area contributed by atoms with Gasteiger partial charge >= 0.3 is 0 Å². The molecule has 0 aliphatic carbocycles. The number of carbonyl (C=O) groups excluding carboxylic acids is 1. The maximum absolute atomic E-state index is 13.6. The summed E-state index contributed by atoms with van der Waals surface area (Å²) in [4.78, 5) is 21.6. The smallest absolute Gasteiger partial charge is 0.272 e. The summed E-state index contributed by atoms with van der Waals surface area (Å²) in [5.41, 5.74) is -0.958. The van der Waals surface area contributed by atoms with Gasteiger partial charge in [0.1, 0.15) is 17.5 Å². The Bertz CT molecular complexity index is 731. The molecule has 0 spiro atoms. The zero-order valence-corrected chi connectivity index (χ0v) is 10.5. The van der Waals surface area contributed by atoms with Crippen molar-refractivity contribution in [1.29, 1.82) is 0 Å². The van der Waals surface area contributed by atoms with Crippen LogP contribution in [-0.2, 0) is 6.42 Å². The fourth-order valence-electron chi connectivity index (χ4n) is 1.78. The largest absolute Gasteiger partial charge is 0.294 e. The average Bonchev–Trinajstić information content (AvgIpc) is 2.41. The van der Waals surface area contributed by atoms with Crippen LogP contribution >= 0.6 is 0 Å². The number of benzene rings is 2. The molecule has 0 amide bonds. The number of rotatable bonds is 4. The van der Waals surface area contributed by atoms with Gasteiger partial charge in [-0.05, 0) is 17.7 Å². The first-order valence-corrected chi connectivity index (χ1v) is 5.79. The van der Waals surface area contributed by atoms with Gasteiger partial charge in [-0.25, -0.2) is 13.2 Å². The lowest BCUT2D eigenvalue weighted by Gasteiger charge is -2.04. The first kappa shape index (κ1) is 14.7. The quantitative estimate of drug-likeness (QED) is 0.493. The maximum Gasteiger partial charge on any atom is 0.272 e. The van der Waals surface area contributed by atoms with E-state index in [0.29, 0.717) is 12.1 Å². The first-order valence-electron chi connectivity index (χ1n) is 5.79. The highest BCUT2D eigenvalue weighted by atomic mass is 19.1. The van der Waals surface area contributed by atoms with E-state index in [0.717, 1.165) is 24.3 Å². The molecule has 4 nitrogen and oxygen atoms in total. The van der Waals surface area contributed by atoms with Gasteiger partial charge in [0.15, 0.2) is 5.78 Å². The number of nitro benzene ring substituents is 1.